The molecule has 0 unspecified atom stereocenters. The van der Waals surface area contributed by atoms with Gasteiger partial charge in [-0.05, 0) is 28.3 Å². The molecule has 0 spiro atoms. The van der Waals surface area contributed by atoms with E-state index < -0.39 is 4.92 Å². The Labute approximate surface area is 121 Å². The molecule has 1 N–H and O–H groups in total. The van der Waals surface area contributed by atoms with Gasteiger partial charge in [0.05, 0.1) is 0 Å². The highest BCUT2D eigenvalue weighted by molar-refractivity contribution is 5.75. The molecule has 2 rings (SSSR count). The van der Waals surface area contributed by atoms with Crippen molar-refractivity contribution in [1.82, 2.24) is 14.9 Å². The molecule has 110 valence electrons. The molecule has 1 heterocycles. The van der Waals surface area contributed by atoms with Crippen molar-refractivity contribution in [2.45, 2.75) is 19.4 Å². The van der Waals surface area contributed by atoms with E-state index in [9.17, 15) is 14.9 Å². The molecule has 7 nitrogen and oxygen atoms in total. The van der Waals surface area contributed by atoms with E-state index in [0.717, 1.165) is 12.8 Å². The average Bonchev–Trinajstić information content (AvgIpc) is 2.93. The maximum atomic E-state index is 11.7. The highest BCUT2D eigenvalue weighted by Crippen LogP contribution is 2.05. The minimum Gasteiger partial charge on any atom is -0.358 e. The molecule has 1 aromatic carbocycles. The minimum absolute atomic E-state index is 0.0339. The summed E-state index contributed by atoms with van der Waals surface area (Å²) in [5.41, 5.74) is 1.23. The molecule has 0 aliphatic carbocycles. The van der Waals surface area contributed by atoms with E-state index in [1.54, 1.807) is 0 Å². The summed E-state index contributed by atoms with van der Waals surface area (Å²) in [6, 6.07) is 10.0. The highest BCUT2D eigenvalue weighted by Gasteiger charge is 2.11. The number of amides is 1. The van der Waals surface area contributed by atoms with E-state index >= 15 is 0 Å². The van der Waals surface area contributed by atoms with Crippen molar-refractivity contribution in [3.63, 3.8) is 0 Å². The van der Waals surface area contributed by atoms with Crippen molar-refractivity contribution in [2.75, 3.05) is 6.54 Å². The van der Waals surface area contributed by atoms with E-state index in [-0.39, 0.29) is 18.3 Å². The summed E-state index contributed by atoms with van der Waals surface area (Å²) in [6.45, 7) is 0.608. The van der Waals surface area contributed by atoms with Crippen molar-refractivity contribution >= 4 is 11.7 Å². The summed E-state index contributed by atoms with van der Waals surface area (Å²) in [4.78, 5) is 25.1. The van der Waals surface area contributed by atoms with Crippen LogP contribution in [0, 0.1) is 10.1 Å². The summed E-state index contributed by atoms with van der Waals surface area (Å²) < 4.78 is 1.39. The van der Waals surface area contributed by atoms with Gasteiger partial charge in [-0.25, -0.2) is 0 Å². The summed E-state index contributed by atoms with van der Waals surface area (Å²) in [5.74, 6) is -0.442. The molecule has 0 fully saturated rings. The summed E-state index contributed by atoms with van der Waals surface area (Å²) in [6.07, 6.45) is 4.27. The van der Waals surface area contributed by atoms with E-state index in [1.807, 2.05) is 30.3 Å². The molecule has 0 atom stereocenters. The van der Waals surface area contributed by atoms with Gasteiger partial charge in [-0.2, -0.15) is 0 Å². The van der Waals surface area contributed by atoms with Crippen molar-refractivity contribution in [3.05, 3.63) is 58.5 Å². The first-order valence-corrected chi connectivity index (χ1v) is 6.62. The second kappa shape index (κ2) is 7.18. The summed E-state index contributed by atoms with van der Waals surface area (Å²) in [5, 5.41) is 13.3. The molecule has 0 saturated heterocycles. The zero-order chi connectivity index (χ0) is 15.1. The first-order valence-electron chi connectivity index (χ1n) is 6.62. The van der Waals surface area contributed by atoms with Crippen molar-refractivity contribution in [2.24, 2.45) is 0 Å². The SMILES string of the molecule is O=C(Cn1cnc([N+](=O)[O-])c1)NCCCc1ccccc1. The number of hydrogen-bond donors (Lipinski definition) is 1. The Bertz CT molecular complexity index is 610. The quantitative estimate of drug-likeness (QED) is 0.475. The molecule has 21 heavy (non-hydrogen) atoms. The van der Waals surface area contributed by atoms with Crippen molar-refractivity contribution in [3.8, 4) is 0 Å². The smallest absolute Gasteiger partial charge is 0.358 e. The van der Waals surface area contributed by atoms with Gasteiger partial charge < -0.3 is 20.0 Å². The molecule has 0 saturated carbocycles. The van der Waals surface area contributed by atoms with Crippen LogP contribution in [0.1, 0.15) is 12.0 Å². The van der Waals surface area contributed by atoms with Gasteiger partial charge in [0.1, 0.15) is 12.7 Å². The monoisotopic (exact) mass is 288 g/mol. The van der Waals surface area contributed by atoms with Crippen LogP contribution < -0.4 is 5.32 Å². The van der Waals surface area contributed by atoms with Gasteiger partial charge in [-0.15, -0.1) is 0 Å². The number of hydrogen-bond acceptors (Lipinski definition) is 4. The van der Waals surface area contributed by atoms with E-state index in [1.165, 1.54) is 22.7 Å². The molecule has 1 amide bonds. The maximum Gasteiger partial charge on any atom is 0.381 e. The Kier molecular flexibility index (Phi) is 5.03. The van der Waals surface area contributed by atoms with Crippen LogP contribution in [0.25, 0.3) is 0 Å². The molecule has 1 aromatic heterocycles. The van der Waals surface area contributed by atoms with E-state index in [2.05, 4.69) is 10.3 Å². The number of carbonyl (C=O) groups is 1. The standard InChI is InChI=1S/C14H16N4O3/c19-14(10-17-9-13(16-11-17)18(20)21)15-8-4-7-12-5-2-1-3-6-12/h1-3,5-6,9,11H,4,7-8,10H2,(H,15,19). The van der Waals surface area contributed by atoms with Gasteiger partial charge in [0.2, 0.25) is 12.2 Å². The number of nitrogens with zero attached hydrogens (tertiary/aromatic N) is 3. The molecule has 0 radical (unpaired) electrons. The van der Waals surface area contributed by atoms with Crippen LogP contribution in [-0.4, -0.2) is 26.9 Å². The molecule has 0 aliphatic heterocycles. The summed E-state index contributed by atoms with van der Waals surface area (Å²) in [7, 11) is 0. The number of nitro groups is 1. The topological polar surface area (TPSA) is 90.1 Å². The molecular weight excluding hydrogens is 272 g/mol. The van der Waals surface area contributed by atoms with Gasteiger partial charge in [-0.1, -0.05) is 30.3 Å². The average molecular weight is 288 g/mol. The van der Waals surface area contributed by atoms with Crippen LogP contribution in [0.15, 0.2) is 42.9 Å². The summed E-state index contributed by atoms with van der Waals surface area (Å²) >= 11 is 0. The number of carbonyl (C=O) groups excluding carboxylic acids is 1. The number of benzene rings is 1. The second-order valence-electron chi connectivity index (χ2n) is 4.60. The third kappa shape index (κ3) is 4.72. The van der Waals surface area contributed by atoms with Gasteiger partial charge in [-0.3, -0.25) is 4.79 Å². The van der Waals surface area contributed by atoms with E-state index in [0.29, 0.717) is 6.54 Å². The lowest BCUT2D eigenvalue weighted by atomic mass is 10.1. The van der Waals surface area contributed by atoms with Crippen LogP contribution in [0.2, 0.25) is 0 Å². The number of rotatable bonds is 7. The van der Waals surface area contributed by atoms with Gasteiger partial charge >= 0.3 is 5.82 Å². The predicted molar refractivity (Wildman–Crippen MR) is 76.7 cm³/mol. The molecular formula is C14H16N4O3. The van der Waals surface area contributed by atoms with Crippen LogP contribution >= 0.6 is 0 Å². The van der Waals surface area contributed by atoms with Crippen LogP contribution in [0.3, 0.4) is 0 Å². The van der Waals surface area contributed by atoms with Crippen molar-refractivity contribution in [1.29, 1.82) is 0 Å². The van der Waals surface area contributed by atoms with Crippen molar-refractivity contribution < 1.29 is 9.72 Å². The molecule has 0 bridgehead atoms. The Balaban J connectivity index is 1.68. The molecule has 0 aliphatic rings. The molecule has 7 heteroatoms. The maximum absolute atomic E-state index is 11.7. The normalized spacial score (nSPS) is 10.3. The van der Waals surface area contributed by atoms with Gasteiger partial charge in [0.25, 0.3) is 0 Å². The minimum atomic E-state index is -0.589. The number of nitrogens with one attached hydrogen (secondary N) is 1. The Morgan fingerprint density at radius 1 is 1.33 bits per heavy atom. The predicted octanol–water partition coefficient (Wildman–Crippen LogP) is 1.54. The highest BCUT2D eigenvalue weighted by atomic mass is 16.6. The van der Waals surface area contributed by atoms with E-state index in [4.69, 9.17) is 0 Å². The third-order valence-electron chi connectivity index (χ3n) is 2.94. The third-order valence-corrected chi connectivity index (χ3v) is 2.94. The van der Waals surface area contributed by atoms with Crippen LogP contribution in [0.5, 0.6) is 0 Å². The lowest BCUT2D eigenvalue weighted by Gasteiger charge is -2.05. The van der Waals surface area contributed by atoms with Gasteiger partial charge in [0, 0.05) is 6.54 Å². The Morgan fingerprint density at radius 2 is 2.10 bits per heavy atom. The fraction of sp³-hybridized carbons (Fsp3) is 0.286. The van der Waals surface area contributed by atoms with Crippen LogP contribution in [0.4, 0.5) is 5.82 Å². The lowest BCUT2D eigenvalue weighted by Crippen LogP contribution is -2.28. The zero-order valence-electron chi connectivity index (χ0n) is 11.4. The number of aromatic nitrogens is 2. The molecule has 2 aromatic rings. The Hall–Kier alpha value is -2.70. The lowest BCUT2D eigenvalue weighted by molar-refractivity contribution is -0.389. The second-order valence-corrected chi connectivity index (χ2v) is 4.60. The fourth-order valence-corrected chi connectivity index (χ4v) is 1.92. The van der Waals surface area contributed by atoms with Gasteiger partial charge in [0.15, 0.2) is 0 Å². The Morgan fingerprint density at radius 3 is 2.76 bits per heavy atom. The number of aryl methyl sites for hydroxylation is 1. The first-order chi connectivity index (χ1) is 10.1. The zero-order valence-corrected chi connectivity index (χ0v) is 11.4. The first kappa shape index (κ1) is 14.7. The van der Waals surface area contributed by atoms with Crippen LogP contribution in [-0.2, 0) is 17.8 Å². The number of imidazole rings is 1. The largest absolute Gasteiger partial charge is 0.381 e. The fourth-order valence-electron chi connectivity index (χ4n) is 1.92.